The molecule has 0 amide bonds. The zero-order valence-electron chi connectivity index (χ0n) is 27.5. The summed E-state index contributed by atoms with van der Waals surface area (Å²) in [5.41, 5.74) is 7.86. The van der Waals surface area contributed by atoms with Gasteiger partial charge in [-0.1, -0.05) is 24.3 Å². The van der Waals surface area contributed by atoms with Crippen LogP contribution in [0.2, 0.25) is 0 Å². The topological polar surface area (TPSA) is 81.8 Å². The second-order valence-electron chi connectivity index (χ2n) is 12.7. The van der Waals surface area contributed by atoms with Gasteiger partial charge in [-0.3, -0.25) is 14.3 Å². The van der Waals surface area contributed by atoms with Crippen molar-refractivity contribution in [1.29, 1.82) is 0 Å². The minimum absolute atomic E-state index is 0.0346. The Morgan fingerprint density at radius 3 is 2.40 bits per heavy atom. The van der Waals surface area contributed by atoms with Crippen LogP contribution in [0.3, 0.4) is 0 Å². The van der Waals surface area contributed by atoms with Crippen LogP contribution in [0.25, 0.3) is 16.7 Å². The quantitative estimate of drug-likeness (QED) is 0.194. The fourth-order valence-corrected chi connectivity index (χ4v) is 7.42. The van der Waals surface area contributed by atoms with Gasteiger partial charge in [-0.05, 0) is 98.8 Å². The molecule has 3 aromatic heterocycles. The number of methoxy groups -OCH3 is 2. The predicted molar refractivity (Wildman–Crippen MR) is 184 cm³/mol. The lowest BCUT2D eigenvalue weighted by Crippen LogP contribution is -2.35. The van der Waals surface area contributed by atoms with E-state index in [1.165, 1.54) is 23.9 Å². The van der Waals surface area contributed by atoms with E-state index in [0.717, 1.165) is 79.2 Å². The van der Waals surface area contributed by atoms with Crippen LogP contribution in [-0.2, 0) is 24.8 Å². The van der Waals surface area contributed by atoms with Crippen molar-refractivity contribution < 1.29 is 14.3 Å². The van der Waals surface area contributed by atoms with Gasteiger partial charge in [-0.25, -0.2) is 9.78 Å². The van der Waals surface area contributed by atoms with Gasteiger partial charge in [-0.2, -0.15) is 0 Å². The molecule has 0 bridgehead atoms. The number of ether oxygens (including phenoxy) is 2. The van der Waals surface area contributed by atoms with Crippen LogP contribution in [0, 0.1) is 0 Å². The number of carbonyl (C=O) groups excluding carboxylic acids is 1. The molecule has 0 N–H and O–H groups in total. The highest BCUT2D eigenvalue weighted by Gasteiger charge is 2.28. The zero-order valence-corrected chi connectivity index (χ0v) is 27.5. The third kappa shape index (κ3) is 5.69. The maximum absolute atomic E-state index is 13.9. The molecule has 242 valence electrons. The molecule has 0 radical (unpaired) electrons. The van der Waals surface area contributed by atoms with E-state index in [0.29, 0.717) is 11.5 Å². The lowest BCUT2D eigenvalue weighted by Gasteiger charge is -2.36. The van der Waals surface area contributed by atoms with Crippen molar-refractivity contribution in [2.24, 2.45) is 7.05 Å². The van der Waals surface area contributed by atoms with Crippen molar-refractivity contribution in [2.75, 3.05) is 38.8 Å². The number of pyridine rings is 2. The van der Waals surface area contributed by atoms with Gasteiger partial charge < -0.3 is 18.9 Å². The standard InChI is InChI=1S/C38H41N5O4/c1-25(41-19-14-28(15-20-41)27-7-9-29(10-8-27)38(45)47-4)35-23-32-34(13-18-39-36(32)40(35)2)43-22-17-33-31(37(43)44)16-21-42(33)24-26-5-11-30(46-3)12-6-26/h5-13,17-18,22-23,25,28H,14-16,19-21,24H2,1-4H3/t25-/m0/s1. The molecule has 2 aliphatic heterocycles. The molecule has 9 nitrogen and oxygen atoms in total. The summed E-state index contributed by atoms with van der Waals surface area (Å²) < 4.78 is 14.1. The first-order valence-electron chi connectivity index (χ1n) is 16.4. The molecule has 0 saturated carbocycles. The molecule has 5 aromatic rings. The lowest BCUT2D eigenvalue weighted by atomic mass is 9.88. The largest absolute Gasteiger partial charge is 0.497 e. The first-order valence-corrected chi connectivity index (χ1v) is 16.4. The Morgan fingerprint density at radius 2 is 1.70 bits per heavy atom. The van der Waals surface area contributed by atoms with Crippen molar-refractivity contribution in [3.05, 3.63) is 117 Å². The molecule has 47 heavy (non-hydrogen) atoms. The third-order valence-electron chi connectivity index (χ3n) is 10.2. The second-order valence-corrected chi connectivity index (χ2v) is 12.7. The fourth-order valence-electron chi connectivity index (χ4n) is 7.42. The fraction of sp³-hybridized carbons (Fsp3) is 0.342. The summed E-state index contributed by atoms with van der Waals surface area (Å²) in [6.07, 6.45) is 6.55. The minimum atomic E-state index is -0.304. The number of nitrogens with zero attached hydrogens (tertiary/aromatic N) is 5. The maximum Gasteiger partial charge on any atom is 0.337 e. The lowest BCUT2D eigenvalue weighted by molar-refractivity contribution is 0.0600. The van der Waals surface area contributed by atoms with Crippen LogP contribution in [0.5, 0.6) is 5.75 Å². The van der Waals surface area contributed by atoms with E-state index in [1.807, 2.05) is 36.5 Å². The highest BCUT2D eigenvalue weighted by Crippen LogP contribution is 2.35. The molecule has 5 heterocycles. The van der Waals surface area contributed by atoms with E-state index in [4.69, 9.17) is 14.5 Å². The Labute approximate surface area is 275 Å². The molecule has 2 aliphatic rings. The first kappa shape index (κ1) is 30.7. The Morgan fingerprint density at radius 1 is 0.957 bits per heavy atom. The summed E-state index contributed by atoms with van der Waals surface area (Å²) >= 11 is 0. The number of rotatable bonds is 8. The smallest absolute Gasteiger partial charge is 0.337 e. The highest BCUT2D eigenvalue weighted by atomic mass is 16.5. The zero-order chi connectivity index (χ0) is 32.7. The summed E-state index contributed by atoms with van der Waals surface area (Å²) in [7, 11) is 5.15. The van der Waals surface area contributed by atoms with Gasteiger partial charge >= 0.3 is 5.97 Å². The van der Waals surface area contributed by atoms with E-state index in [2.05, 4.69) is 64.7 Å². The van der Waals surface area contributed by atoms with E-state index in [-0.39, 0.29) is 17.6 Å². The molecule has 0 spiro atoms. The average molecular weight is 632 g/mol. The predicted octanol–water partition coefficient (Wildman–Crippen LogP) is 6.02. The van der Waals surface area contributed by atoms with Crippen LogP contribution in [0.15, 0.2) is 83.9 Å². The van der Waals surface area contributed by atoms with E-state index in [1.54, 1.807) is 17.9 Å². The van der Waals surface area contributed by atoms with Crippen molar-refractivity contribution >= 4 is 22.7 Å². The van der Waals surface area contributed by atoms with Gasteiger partial charge in [0.25, 0.3) is 5.56 Å². The van der Waals surface area contributed by atoms with Crippen molar-refractivity contribution in [2.45, 2.75) is 44.7 Å². The molecule has 9 heteroatoms. The summed E-state index contributed by atoms with van der Waals surface area (Å²) in [4.78, 5) is 35.3. The normalized spacial score (nSPS) is 16.0. The summed E-state index contributed by atoms with van der Waals surface area (Å²) in [5.74, 6) is 0.997. The molecule has 0 aliphatic carbocycles. The molecule has 1 fully saturated rings. The average Bonchev–Trinajstić information content (AvgIpc) is 3.69. The van der Waals surface area contributed by atoms with Crippen LogP contribution in [0.4, 0.5) is 5.69 Å². The SMILES string of the molecule is COC(=O)c1ccc(C2CCN([C@@H](C)c3cc4c(-n5ccc6c(c5=O)CCN6Cc5ccc(OC)cc5)ccnc4n3C)CC2)cc1. The number of aryl methyl sites for hydroxylation is 1. The highest BCUT2D eigenvalue weighted by molar-refractivity contribution is 5.89. The number of hydrogen-bond donors (Lipinski definition) is 0. The van der Waals surface area contributed by atoms with Gasteiger partial charge in [0.1, 0.15) is 11.4 Å². The number of piperidine rings is 1. The molecule has 7 rings (SSSR count). The molecule has 1 saturated heterocycles. The number of likely N-dealkylation sites (tertiary alicyclic amines) is 1. The second kappa shape index (κ2) is 12.7. The number of aromatic nitrogens is 3. The molecular weight excluding hydrogens is 590 g/mol. The number of esters is 1. The molecule has 2 aromatic carbocycles. The van der Waals surface area contributed by atoms with Crippen molar-refractivity contribution in [3.8, 4) is 11.4 Å². The van der Waals surface area contributed by atoms with Crippen LogP contribution >= 0.6 is 0 Å². The van der Waals surface area contributed by atoms with Gasteiger partial charge in [0.05, 0.1) is 25.5 Å². The molecular formula is C38H41N5O4. The van der Waals surface area contributed by atoms with E-state index < -0.39 is 0 Å². The summed E-state index contributed by atoms with van der Waals surface area (Å²) in [5, 5.41) is 0.979. The van der Waals surface area contributed by atoms with Crippen molar-refractivity contribution in [1.82, 2.24) is 19.0 Å². The summed E-state index contributed by atoms with van der Waals surface area (Å²) in [6.45, 7) is 5.78. The Kier molecular flexibility index (Phi) is 8.32. The Bertz CT molecular complexity index is 1970. The van der Waals surface area contributed by atoms with Crippen molar-refractivity contribution in [3.63, 3.8) is 0 Å². The number of fused-ring (bicyclic) bond motifs is 2. The molecule has 0 unspecified atom stereocenters. The number of benzene rings is 2. The number of carbonyl (C=O) groups is 1. The summed E-state index contributed by atoms with van der Waals surface area (Å²) in [6, 6.07) is 22.4. The van der Waals surface area contributed by atoms with Gasteiger partial charge in [0.15, 0.2) is 0 Å². The van der Waals surface area contributed by atoms with Crippen LogP contribution in [0.1, 0.15) is 64.5 Å². The first-order chi connectivity index (χ1) is 22.9. The van der Waals surface area contributed by atoms with E-state index in [9.17, 15) is 9.59 Å². The minimum Gasteiger partial charge on any atom is -0.497 e. The number of hydrogen-bond acceptors (Lipinski definition) is 7. The Hall–Kier alpha value is -4.89. The number of anilines is 1. The Balaban J connectivity index is 1.10. The van der Waals surface area contributed by atoms with Gasteiger partial charge in [-0.15, -0.1) is 0 Å². The molecule has 1 atom stereocenters. The van der Waals surface area contributed by atoms with Gasteiger partial charge in [0, 0.05) is 60.9 Å². The maximum atomic E-state index is 13.9. The van der Waals surface area contributed by atoms with E-state index >= 15 is 0 Å². The monoisotopic (exact) mass is 631 g/mol. The third-order valence-corrected chi connectivity index (χ3v) is 10.2. The van der Waals surface area contributed by atoms with Crippen LogP contribution in [-0.4, -0.2) is 58.8 Å². The van der Waals surface area contributed by atoms with Crippen LogP contribution < -0.4 is 15.2 Å². The van der Waals surface area contributed by atoms with Gasteiger partial charge in [0.2, 0.25) is 0 Å².